The molecule has 0 heterocycles. The molecule has 2 rings (SSSR count). The van der Waals surface area contributed by atoms with E-state index in [0.717, 1.165) is 17.0 Å². The summed E-state index contributed by atoms with van der Waals surface area (Å²) in [7, 11) is 0. The highest BCUT2D eigenvalue weighted by Crippen LogP contribution is 2.31. The zero-order valence-corrected chi connectivity index (χ0v) is 13.8. The second-order valence-electron chi connectivity index (χ2n) is 5.52. The molecule has 0 unspecified atom stereocenters. The van der Waals surface area contributed by atoms with Gasteiger partial charge in [0.05, 0.1) is 5.56 Å². The Morgan fingerprint density at radius 1 is 1.08 bits per heavy atom. The number of carbonyl (C=O) groups excluding carboxylic acids is 2. The van der Waals surface area contributed by atoms with Gasteiger partial charge in [-0.2, -0.15) is 13.2 Å². The van der Waals surface area contributed by atoms with Crippen LogP contribution in [0.1, 0.15) is 18.9 Å². The third kappa shape index (κ3) is 5.30. The molecule has 2 aromatic carbocycles. The van der Waals surface area contributed by atoms with E-state index in [2.05, 4.69) is 5.32 Å². The number of alkyl halides is 3. The number of nitrogens with one attached hydrogen (secondary N) is 1. The van der Waals surface area contributed by atoms with Crippen LogP contribution in [0, 0.1) is 5.82 Å². The summed E-state index contributed by atoms with van der Waals surface area (Å²) in [6.07, 6.45) is -4.66. The first kappa shape index (κ1) is 19.4. The van der Waals surface area contributed by atoms with E-state index in [1.807, 2.05) is 0 Å². The van der Waals surface area contributed by atoms with Crippen molar-refractivity contribution in [2.75, 3.05) is 16.8 Å². The lowest BCUT2D eigenvalue weighted by atomic mass is 10.1. The molecule has 0 bridgehead atoms. The molecule has 0 aromatic heterocycles. The monoisotopic (exact) mass is 368 g/mol. The van der Waals surface area contributed by atoms with Gasteiger partial charge in [-0.15, -0.1) is 0 Å². The molecule has 0 spiro atoms. The average molecular weight is 368 g/mol. The molecule has 0 atom stereocenters. The van der Waals surface area contributed by atoms with Crippen LogP contribution < -0.4 is 10.2 Å². The molecular weight excluding hydrogens is 352 g/mol. The molecule has 0 aliphatic heterocycles. The predicted octanol–water partition coefficient (Wildman–Crippen LogP) is 4.23. The van der Waals surface area contributed by atoms with Crippen molar-refractivity contribution in [1.29, 1.82) is 0 Å². The Bertz CT molecular complexity index is 789. The summed E-state index contributed by atoms with van der Waals surface area (Å²) in [5, 5.41) is 2.53. The number of halogens is 4. The van der Waals surface area contributed by atoms with Crippen LogP contribution in [0.5, 0.6) is 0 Å². The number of anilines is 2. The normalized spacial score (nSPS) is 11.1. The second-order valence-corrected chi connectivity index (χ2v) is 5.52. The van der Waals surface area contributed by atoms with E-state index in [0.29, 0.717) is 5.69 Å². The third-order valence-electron chi connectivity index (χ3n) is 3.56. The van der Waals surface area contributed by atoms with Crippen LogP contribution in [-0.2, 0) is 15.8 Å². The maximum Gasteiger partial charge on any atom is 0.416 e. The minimum absolute atomic E-state index is 0.0573. The fourth-order valence-corrected chi connectivity index (χ4v) is 2.29. The Labute approximate surface area is 147 Å². The number of rotatable bonds is 5. The highest BCUT2D eigenvalue weighted by Gasteiger charge is 2.31. The molecule has 0 saturated heterocycles. The summed E-state index contributed by atoms with van der Waals surface area (Å²) in [5.74, 6) is -1.39. The van der Waals surface area contributed by atoms with E-state index in [1.54, 1.807) is 0 Å². The molecule has 2 aromatic rings. The largest absolute Gasteiger partial charge is 0.416 e. The molecule has 2 amide bonds. The highest BCUT2D eigenvalue weighted by atomic mass is 19.4. The van der Waals surface area contributed by atoms with Gasteiger partial charge in [-0.05, 0) is 42.5 Å². The van der Waals surface area contributed by atoms with Crippen molar-refractivity contribution in [2.45, 2.75) is 19.5 Å². The number of amides is 2. The van der Waals surface area contributed by atoms with Crippen LogP contribution in [0.15, 0.2) is 48.5 Å². The Morgan fingerprint density at radius 2 is 1.73 bits per heavy atom. The van der Waals surface area contributed by atoms with E-state index < -0.39 is 29.4 Å². The maximum absolute atomic E-state index is 12.8. The molecule has 4 nitrogen and oxygen atoms in total. The summed E-state index contributed by atoms with van der Waals surface area (Å²) in [4.78, 5) is 24.8. The quantitative estimate of drug-likeness (QED) is 0.803. The van der Waals surface area contributed by atoms with E-state index >= 15 is 0 Å². The molecular formula is C18H16F4N2O2. The fraction of sp³-hybridized carbons (Fsp3) is 0.222. The van der Waals surface area contributed by atoms with Gasteiger partial charge in [0, 0.05) is 31.3 Å². The Kier molecular flexibility index (Phi) is 5.97. The Balaban J connectivity index is 2.05. The molecule has 0 aliphatic rings. The zero-order chi connectivity index (χ0) is 19.3. The van der Waals surface area contributed by atoms with Gasteiger partial charge < -0.3 is 10.2 Å². The first-order chi connectivity index (χ1) is 12.2. The van der Waals surface area contributed by atoms with Crippen molar-refractivity contribution in [3.8, 4) is 0 Å². The van der Waals surface area contributed by atoms with Crippen molar-refractivity contribution < 1.29 is 27.2 Å². The third-order valence-corrected chi connectivity index (χ3v) is 3.56. The summed E-state index contributed by atoms with van der Waals surface area (Å²) >= 11 is 0. The second kappa shape index (κ2) is 7.99. The first-order valence-electron chi connectivity index (χ1n) is 7.67. The molecule has 0 aliphatic carbocycles. The number of hydrogen-bond acceptors (Lipinski definition) is 2. The lowest BCUT2D eigenvalue weighted by Gasteiger charge is -2.22. The van der Waals surface area contributed by atoms with Crippen LogP contribution in [0.25, 0.3) is 0 Å². The van der Waals surface area contributed by atoms with Gasteiger partial charge in [0.2, 0.25) is 11.8 Å². The summed E-state index contributed by atoms with van der Waals surface area (Å²) in [6.45, 7) is 1.11. The minimum atomic E-state index is -4.53. The molecule has 8 heteroatoms. The van der Waals surface area contributed by atoms with Gasteiger partial charge in [0.1, 0.15) is 5.82 Å². The average Bonchev–Trinajstić information content (AvgIpc) is 2.56. The number of hydrogen-bond donors (Lipinski definition) is 1. The molecule has 0 radical (unpaired) electrons. The number of carbonyl (C=O) groups is 2. The van der Waals surface area contributed by atoms with Crippen molar-refractivity contribution in [3.63, 3.8) is 0 Å². The smallest absolute Gasteiger partial charge is 0.326 e. The summed E-state index contributed by atoms with van der Waals surface area (Å²) < 4.78 is 51.3. The fourth-order valence-electron chi connectivity index (χ4n) is 2.29. The van der Waals surface area contributed by atoms with Crippen LogP contribution in [0.2, 0.25) is 0 Å². The van der Waals surface area contributed by atoms with Crippen LogP contribution >= 0.6 is 0 Å². The van der Waals surface area contributed by atoms with E-state index in [-0.39, 0.29) is 18.7 Å². The summed E-state index contributed by atoms with van der Waals surface area (Å²) in [6, 6.07) is 9.45. The van der Waals surface area contributed by atoms with E-state index in [1.165, 1.54) is 43.3 Å². The van der Waals surface area contributed by atoms with E-state index in [4.69, 9.17) is 0 Å². The molecule has 1 N–H and O–H groups in total. The van der Waals surface area contributed by atoms with Crippen molar-refractivity contribution in [2.24, 2.45) is 0 Å². The number of benzene rings is 2. The van der Waals surface area contributed by atoms with Gasteiger partial charge in [-0.3, -0.25) is 9.59 Å². The maximum atomic E-state index is 12.8. The van der Waals surface area contributed by atoms with Crippen molar-refractivity contribution >= 4 is 23.2 Å². The van der Waals surface area contributed by atoms with Crippen LogP contribution in [-0.4, -0.2) is 18.4 Å². The van der Waals surface area contributed by atoms with Gasteiger partial charge in [0.25, 0.3) is 0 Å². The Morgan fingerprint density at radius 3 is 2.31 bits per heavy atom. The molecule has 26 heavy (non-hydrogen) atoms. The molecule has 0 saturated carbocycles. The van der Waals surface area contributed by atoms with E-state index in [9.17, 15) is 27.2 Å². The molecule has 0 fully saturated rings. The minimum Gasteiger partial charge on any atom is -0.326 e. The highest BCUT2D eigenvalue weighted by molar-refractivity contribution is 5.94. The standard InChI is InChI=1S/C18H16F4N2O2/c1-12(25)24(16-4-2-3-13(11-16)18(20,21)22)10-9-17(26)23-15-7-5-14(19)6-8-15/h2-8,11H,9-10H2,1H3,(H,23,26). The van der Waals surface area contributed by atoms with Crippen LogP contribution in [0.4, 0.5) is 28.9 Å². The summed E-state index contributed by atoms with van der Waals surface area (Å²) in [5.41, 5.74) is -0.441. The number of nitrogens with zero attached hydrogens (tertiary/aromatic N) is 1. The van der Waals surface area contributed by atoms with Gasteiger partial charge in [0.15, 0.2) is 0 Å². The lowest BCUT2D eigenvalue weighted by Crippen LogP contribution is -2.32. The van der Waals surface area contributed by atoms with Gasteiger partial charge in [-0.25, -0.2) is 4.39 Å². The molecule has 138 valence electrons. The van der Waals surface area contributed by atoms with Gasteiger partial charge >= 0.3 is 6.18 Å². The predicted molar refractivity (Wildman–Crippen MR) is 89.1 cm³/mol. The zero-order valence-electron chi connectivity index (χ0n) is 13.8. The topological polar surface area (TPSA) is 49.4 Å². The first-order valence-corrected chi connectivity index (χ1v) is 7.67. The SMILES string of the molecule is CC(=O)N(CCC(=O)Nc1ccc(F)cc1)c1cccc(C(F)(F)F)c1. The van der Waals surface area contributed by atoms with Gasteiger partial charge in [-0.1, -0.05) is 6.07 Å². The van der Waals surface area contributed by atoms with Crippen molar-refractivity contribution in [1.82, 2.24) is 0 Å². The van der Waals surface area contributed by atoms with Crippen molar-refractivity contribution in [3.05, 3.63) is 59.9 Å². The lowest BCUT2D eigenvalue weighted by molar-refractivity contribution is -0.137. The van der Waals surface area contributed by atoms with Crippen LogP contribution in [0.3, 0.4) is 0 Å². The Hall–Kier alpha value is -2.90.